The molecule has 0 radical (unpaired) electrons. The lowest BCUT2D eigenvalue weighted by atomic mass is 10.0. The third kappa shape index (κ3) is 4.24. The summed E-state index contributed by atoms with van der Waals surface area (Å²) in [7, 11) is 0. The van der Waals surface area contributed by atoms with Crippen LogP contribution >= 0.6 is 0 Å². The third-order valence-electron chi connectivity index (χ3n) is 4.28. The lowest BCUT2D eigenvalue weighted by Crippen LogP contribution is -2.24. The van der Waals surface area contributed by atoms with Gasteiger partial charge in [0.15, 0.2) is 5.92 Å². The highest BCUT2D eigenvalue weighted by Crippen LogP contribution is 2.20. The first-order valence-electron chi connectivity index (χ1n) is 8.40. The fraction of sp³-hybridized carbons (Fsp3) is 0.250. The minimum atomic E-state index is -0.865. The number of hydrogen-bond donors (Lipinski definition) is 1. The Bertz CT molecular complexity index is 772. The van der Waals surface area contributed by atoms with E-state index in [2.05, 4.69) is 27.6 Å². The first kappa shape index (κ1) is 16.7. The van der Waals surface area contributed by atoms with Gasteiger partial charge in [0.1, 0.15) is 0 Å². The molecule has 1 amide bonds. The third-order valence-corrected chi connectivity index (χ3v) is 4.28. The van der Waals surface area contributed by atoms with Crippen LogP contribution in [0.5, 0.6) is 0 Å². The zero-order chi connectivity index (χ0) is 17.5. The Hall–Kier alpha value is -3.13. The Balaban J connectivity index is 1.58. The summed E-state index contributed by atoms with van der Waals surface area (Å²) >= 11 is 0. The average molecular weight is 332 g/mol. The maximum absolute atomic E-state index is 12.1. The summed E-state index contributed by atoms with van der Waals surface area (Å²) in [6.45, 7) is 2.22. The van der Waals surface area contributed by atoms with E-state index in [-0.39, 0.29) is 0 Å². The summed E-state index contributed by atoms with van der Waals surface area (Å²) in [5, 5.41) is 13.2. The average Bonchev–Trinajstić information content (AvgIpc) is 3.18. The fourth-order valence-electron chi connectivity index (χ4n) is 2.91. The molecule has 0 bridgehead atoms. The summed E-state index contributed by atoms with van der Waals surface area (Å²) in [6, 6.07) is 19.1. The van der Waals surface area contributed by atoms with E-state index in [9.17, 15) is 10.1 Å². The number of hydrazone groups is 1. The molecule has 1 atom stereocenters. The van der Waals surface area contributed by atoms with Crippen LogP contribution in [0.15, 0.2) is 59.7 Å². The molecular formula is C20H20N4O. The second-order valence-corrected chi connectivity index (χ2v) is 5.99. The zero-order valence-electron chi connectivity index (χ0n) is 13.9. The van der Waals surface area contributed by atoms with Crippen LogP contribution in [-0.4, -0.2) is 25.2 Å². The number of anilines is 1. The van der Waals surface area contributed by atoms with E-state index in [0.717, 1.165) is 18.7 Å². The van der Waals surface area contributed by atoms with Crippen LogP contribution in [0.3, 0.4) is 0 Å². The number of hydrogen-bond acceptors (Lipinski definition) is 4. The van der Waals surface area contributed by atoms with Gasteiger partial charge in [-0.15, -0.1) is 0 Å². The van der Waals surface area contributed by atoms with Gasteiger partial charge in [-0.1, -0.05) is 42.5 Å². The first-order chi connectivity index (χ1) is 12.3. The summed E-state index contributed by atoms with van der Waals surface area (Å²) in [4.78, 5) is 14.5. The van der Waals surface area contributed by atoms with E-state index in [1.165, 1.54) is 18.5 Å². The summed E-state index contributed by atoms with van der Waals surface area (Å²) < 4.78 is 0. The van der Waals surface area contributed by atoms with E-state index < -0.39 is 11.8 Å². The minimum Gasteiger partial charge on any atom is -0.372 e. The van der Waals surface area contributed by atoms with Crippen LogP contribution in [-0.2, 0) is 4.79 Å². The van der Waals surface area contributed by atoms with Crippen molar-refractivity contribution in [2.24, 2.45) is 5.10 Å². The molecule has 5 nitrogen and oxygen atoms in total. The Kier molecular flexibility index (Phi) is 5.43. The SMILES string of the molecule is N#C[C@H](C(=O)N/N=C\c1ccc(N2CCCC2)cc1)c1ccccc1. The van der Waals surface area contributed by atoms with Crippen LogP contribution in [0.1, 0.15) is 29.9 Å². The molecule has 1 heterocycles. The molecule has 2 aromatic rings. The number of nitrogens with zero attached hydrogens (tertiary/aromatic N) is 3. The molecule has 25 heavy (non-hydrogen) atoms. The number of benzene rings is 2. The zero-order valence-corrected chi connectivity index (χ0v) is 13.9. The van der Waals surface area contributed by atoms with E-state index in [1.54, 1.807) is 30.5 Å². The minimum absolute atomic E-state index is 0.432. The number of amides is 1. The topological polar surface area (TPSA) is 68.5 Å². The quantitative estimate of drug-likeness (QED) is 0.676. The highest BCUT2D eigenvalue weighted by atomic mass is 16.2. The number of carbonyl (C=O) groups is 1. The van der Waals surface area contributed by atoms with E-state index in [1.807, 2.05) is 24.3 Å². The lowest BCUT2D eigenvalue weighted by molar-refractivity contribution is -0.121. The van der Waals surface area contributed by atoms with Crippen molar-refractivity contribution < 1.29 is 4.79 Å². The fourth-order valence-corrected chi connectivity index (χ4v) is 2.91. The normalized spacial score (nSPS) is 15.1. The number of nitrogens with one attached hydrogen (secondary N) is 1. The predicted octanol–water partition coefficient (Wildman–Crippen LogP) is 3.04. The Labute approximate surface area is 147 Å². The van der Waals surface area contributed by atoms with Crippen molar-refractivity contribution in [2.75, 3.05) is 18.0 Å². The highest BCUT2D eigenvalue weighted by molar-refractivity contribution is 5.88. The van der Waals surface area contributed by atoms with Crippen LogP contribution in [0.4, 0.5) is 5.69 Å². The standard InChI is InChI=1S/C20H20N4O/c21-14-19(17-6-2-1-3-7-17)20(25)23-22-15-16-8-10-18(11-9-16)24-12-4-5-13-24/h1-3,6-11,15,19H,4-5,12-13H2,(H,23,25)/b22-15-/t19-/m0/s1. The first-order valence-corrected chi connectivity index (χ1v) is 8.40. The Morgan fingerprint density at radius 3 is 2.44 bits per heavy atom. The van der Waals surface area contributed by atoms with Gasteiger partial charge in [0.2, 0.25) is 0 Å². The van der Waals surface area contributed by atoms with Gasteiger partial charge in [-0.05, 0) is 36.1 Å². The number of rotatable bonds is 5. The van der Waals surface area contributed by atoms with Crippen molar-refractivity contribution in [1.82, 2.24) is 5.43 Å². The molecule has 1 aliphatic heterocycles. The molecule has 0 aromatic heterocycles. The molecule has 1 aliphatic rings. The Morgan fingerprint density at radius 1 is 1.12 bits per heavy atom. The van der Waals surface area contributed by atoms with Crippen molar-refractivity contribution in [3.63, 3.8) is 0 Å². The van der Waals surface area contributed by atoms with E-state index in [4.69, 9.17) is 0 Å². The predicted molar refractivity (Wildman–Crippen MR) is 98.4 cm³/mol. The van der Waals surface area contributed by atoms with Gasteiger partial charge in [-0.2, -0.15) is 10.4 Å². The van der Waals surface area contributed by atoms with Gasteiger partial charge < -0.3 is 4.90 Å². The van der Waals surface area contributed by atoms with Crippen molar-refractivity contribution in [2.45, 2.75) is 18.8 Å². The van der Waals surface area contributed by atoms with Gasteiger partial charge in [0, 0.05) is 18.8 Å². The summed E-state index contributed by atoms with van der Waals surface area (Å²) in [5.74, 6) is -1.30. The van der Waals surface area contributed by atoms with Crippen LogP contribution in [0, 0.1) is 11.3 Å². The van der Waals surface area contributed by atoms with Crippen molar-refractivity contribution >= 4 is 17.8 Å². The molecule has 0 unspecified atom stereocenters. The smallest absolute Gasteiger partial charge is 0.261 e. The molecule has 5 heteroatoms. The second kappa shape index (κ2) is 8.11. The largest absolute Gasteiger partial charge is 0.372 e. The number of carbonyl (C=O) groups excluding carboxylic acids is 1. The lowest BCUT2D eigenvalue weighted by Gasteiger charge is -2.17. The van der Waals surface area contributed by atoms with Gasteiger partial charge in [0.05, 0.1) is 12.3 Å². The van der Waals surface area contributed by atoms with Gasteiger partial charge >= 0.3 is 0 Å². The monoisotopic (exact) mass is 332 g/mol. The van der Waals surface area contributed by atoms with Crippen molar-refractivity contribution in [3.05, 3.63) is 65.7 Å². The molecule has 0 saturated carbocycles. The molecule has 0 aliphatic carbocycles. The number of nitriles is 1. The van der Waals surface area contributed by atoms with Gasteiger partial charge in [-0.3, -0.25) is 4.79 Å². The molecule has 1 fully saturated rings. The summed E-state index contributed by atoms with van der Waals surface area (Å²) in [5.41, 5.74) is 5.22. The molecule has 3 rings (SSSR count). The van der Waals surface area contributed by atoms with Crippen LogP contribution in [0.25, 0.3) is 0 Å². The van der Waals surface area contributed by atoms with Crippen molar-refractivity contribution in [1.29, 1.82) is 5.26 Å². The van der Waals surface area contributed by atoms with Gasteiger partial charge in [-0.25, -0.2) is 5.43 Å². The molecule has 1 saturated heterocycles. The molecule has 2 aromatic carbocycles. The van der Waals surface area contributed by atoms with Crippen molar-refractivity contribution in [3.8, 4) is 6.07 Å². The second-order valence-electron chi connectivity index (χ2n) is 5.99. The maximum atomic E-state index is 12.1. The van der Waals surface area contributed by atoms with Gasteiger partial charge in [0.25, 0.3) is 5.91 Å². The highest BCUT2D eigenvalue weighted by Gasteiger charge is 2.19. The Morgan fingerprint density at radius 2 is 1.80 bits per heavy atom. The summed E-state index contributed by atoms with van der Waals surface area (Å²) in [6.07, 6.45) is 4.08. The molecule has 0 spiro atoms. The molecule has 126 valence electrons. The van der Waals surface area contributed by atoms with Crippen LogP contribution in [0.2, 0.25) is 0 Å². The molecular weight excluding hydrogens is 312 g/mol. The van der Waals surface area contributed by atoms with E-state index >= 15 is 0 Å². The van der Waals surface area contributed by atoms with Crippen LogP contribution < -0.4 is 10.3 Å². The van der Waals surface area contributed by atoms with E-state index in [0.29, 0.717) is 5.56 Å². The molecule has 1 N–H and O–H groups in total. The maximum Gasteiger partial charge on any atom is 0.261 e.